The van der Waals surface area contributed by atoms with Crippen molar-refractivity contribution in [1.82, 2.24) is 9.97 Å². The molecule has 22 heavy (non-hydrogen) atoms. The smallest absolute Gasteiger partial charge is 0.196 e. The summed E-state index contributed by atoms with van der Waals surface area (Å²) in [5.41, 5.74) is 1.56. The fraction of sp³-hybridized carbons (Fsp3) is 0.267. The van der Waals surface area contributed by atoms with Crippen LogP contribution in [0, 0.1) is 6.92 Å². The highest BCUT2D eigenvalue weighted by atomic mass is 16.4. The van der Waals surface area contributed by atoms with Crippen LogP contribution >= 0.6 is 0 Å². The summed E-state index contributed by atoms with van der Waals surface area (Å²) < 4.78 is 5.72. The van der Waals surface area contributed by atoms with Gasteiger partial charge in [-0.25, -0.2) is 9.97 Å². The van der Waals surface area contributed by atoms with Crippen molar-refractivity contribution in [2.75, 3.05) is 5.32 Å². The van der Waals surface area contributed by atoms with E-state index < -0.39 is 18.1 Å². The number of aliphatic carboxylic acids is 1. The van der Waals surface area contributed by atoms with Gasteiger partial charge in [-0.1, -0.05) is 12.1 Å². The third-order valence-corrected chi connectivity index (χ3v) is 3.36. The standard InChI is InChI=1S/C15H15N3O4/c1-7(19)11(15(20)21)18-14-13-12(16-8(2)17-14)9-5-3-4-6-10(9)22-13/h3-7,11,19H,1-2H3,(H,20,21)(H,16,17,18)/p-1/t7-,11+/m1/s1. The molecule has 1 aromatic carbocycles. The number of fused-ring (bicyclic) bond motifs is 3. The van der Waals surface area contributed by atoms with Crippen LogP contribution in [-0.4, -0.2) is 33.2 Å². The Hall–Kier alpha value is -2.67. The number of carboxylic acids is 1. The Morgan fingerprint density at radius 3 is 2.77 bits per heavy atom. The first-order valence-electron chi connectivity index (χ1n) is 6.78. The normalized spacial score (nSPS) is 14.1. The van der Waals surface area contributed by atoms with Crippen LogP contribution in [0.5, 0.6) is 0 Å². The van der Waals surface area contributed by atoms with Gasteiger partial charge in [-0.3, -0.25) is 0 Å². The van der Waals surface area contributed by atoms with Gasteiger partial charge in [-0.2, -0.15) is 0 Å². The molecular formula is C15H14N3O4-. The molecule has 0 radical (unpaired) electrons. The van der Waals surface area contributed by atoms with E-state index in [9.17, 15) is 15.0 Å². The van der Waals surface area contributed by atoms with Gasteiger partial charge in [0.1, 0.15) is 16.9 Å². The van der Waals surface area contributed by atoms with Gasteiger partial charge in [-0.05, 0) is 26.0 Å². The van der Waals surface area contributed by atoms with E-state index in [4.69, 9.17) is 4.42 Å². The molecular weight excluding hydrogens is 286 g/mol. The number of aromatic nitrogens is 2. The van der Waals surface area contributed by atoms with Crippen molar-refractivity contribution in [1.29, 1.82) is 0 Å². The van der Waals surface area contributed by atoms with Crippen molar-refractivity contribution in [3.05, 3.63) is 30.1 Å². The molecule has 7 heteroatoms. The van der Waals surface area contributed by atoms with E-state index in [1.807, 2.05) is 18.2 Å². The summed E-state index contributed by atoms with van der Waals surface area (Å²) in [5.74, 6) is -0.742. The second-order valence-electron chi connectivity index (χ2n) is 5.08. The van der Waals surface area contributed by atoms with Crippen LogP contribution in [0.25, 0.3) is 22.1 Å². The Kier molecular flexibility index (Phi) is 3.42. The van der Waals surface area contributed by atoms with E-state index in [0.29, 0.717) is 22.5 Å². The van der Waals surface area contributed by atoms with E-state index in [0.717, 1.165) is 5.39 Å². The lowest BCUT2D eigenvalue weighted by Crippen LogP contribution is -2.47. The van der Waals surface area contributed by atoms with E-state index in [1.54, 1.807) is 13.0 Å². The van der Waals surface area contributed by atoms with Crippen LogP contribution < -0.4 is 10.4 Å². The summed E-state index contributed by atoms with van der Waals surface area (Å²) in [5, 5.41) is 24.2. The van der Waals surface area contributed by atoms with Gasteiger partial charge in [0, 0.05) is 5.39 Å². The summed E-state index contributed by atoms with van der Waals surface area (Å²) in [6.07, 6.45) is -1.15. The van der Waals surface area contributed by atoms with E-state index in [-0.39, 0.29) is 5.82 Å². The van der Waals surface area contributed by atoms with Crippen LogP contribution in [0.3, 0.4) is 0 Å². The fourth-order valence-electron chi connectivity index (χ4n) is 2.32. The Labute approximate surface area is 125 Å². The molecule has 0 bridgehead atoms. The Morgan fingerprint density at radius 1 is 1.36 bits per heavy atom. The molecule has 7 nitrogen and oxygen atoms in total. The Bertz CT molecular complexity index is 856. The number of carbonyl (C=O) groups is 1. The SMILES string of the molecule is Cc1nc(N[C@H](C(=O)[O-])[C@@H](C)O)c2oc3ccccc3c2n1. The average Bonchev–Trinajstić information content (AvgIpc) is 2.82. The van der Waals surface area contributed by atoms with Gasteiger partial charge in [0.15, 0.2) is 11.4 Å². The van der Waals surface area contributed by atoms with Gasteiger partial charge in [0.2, 0.25) is 0 Å². The number of aliphatic hydroxyl groups is 1. The third kappa shape index (κ3) is 2.35. The first-order chi connectivity index (χ1) is 10.5. The molecule has 0 fully saturated rings. The van der Waals surface area contributed by atoms with Crippen LogP contribution in [0.2, 0.25) is 0 Å². The molecule has 0 saturated heterocycles. The van der Waals surface area contributed by atoms with Crippen LogP contribution in [0.15, 0.2) is 28.7 Å². The zero-order chi connectivity index (χ0) is 15.9. The quantitative estimate of drug-likeness (QED) is 0.725. The molecule has 3 aromatic rings. The number of anilines is 1. The van der Waals surface area contributed by atoms with Crippen molar-refractivity contribution in [2.45, 2.75) is 26.0 Å². The summed E-state index contributed by atoms with van der Waals surface area (Å²) in [7, 11) is 0. The first kappa shape index (κ1) is 14.3. The highest BCUT2D eigenvalue weighted by molar-refractivity contribution is 6.05. The zero-order valence-corrected chi connectivity index (χ0v) is 12.0. The van der Waals surface area contributed by atoms with Gasteiger partial charge < -0.3 is 24.7 Å². The molecule has 0 saturated carbocycles. The minimum Gasteiger partial charge on any atom is -0.548 e. The summed E-state index contributed by atoms with van der Waals surface area (Å²) in [4.78, 5) is 19.7. The maximum Gasteiger partial charge on any atom is 0.196 e. The molecule has 0 aliphatic heterocycles. The topological polar surface area (TPSA) is 111 Å². The second-order valence-corrected chi connectivity index (χ2v) is 5.08. The van der Waals surface area contributed by atoms with E-state index >= 15 is 0 Å². The van der Waals surface area contributed by atoms with Crippen LogP contribution in [-0.2, 0) is 4.79 Å². The van der Waals surface area contributed by atoms with E-state index in [2.05, 4.69) is 15.3 Å². The van der Waals surface area contributed by atoms with Crippen molar-refractivity contribution < 1.29 is 19.4 Å². The fourth-order valence-corrected chi connectivity index (χ4v) is 2.32. The minimum absolute atomic E-state index is 0.216. The number of hydrogen-bond donors (Lipinski definition) is 2. The Balaban J connectivity index is 2.18. The van der Waals surface area contributed by atoms with Gasteiger partial charge in [0.05, 0.1) is 18.1 Å². The van der Waals surface area contributed by atoms with Crippen molar-refractivity contribution in [3.63, 3.8) is 0 Å². The lowest BCUT2D eigenvalue weighted by atomic mass is 10.2. The number of nitrogens with zero attached hydrogens (tertiary/aromatic N) is 2. The van der Waals surface area contributed by atoms with Crippen LogP contribution in [0.1, 0.15) is 12.7 Å². The maximum atomic E-state index is 11.1. The highest BCUT2D eigenvalue weighted by Crippen LogP contribution is 2.31. The first-order valence-corrected chi connectivity index (χ1v) is 6.78. The number of carboxylic acid groups (broad SMARTS) is 1. The lowest BCUT2D eigenvalue weighted by molar-refractivity contribution is -0.308. The molecule has 0 aliphatic carbocycles. The van der Waals surface area contributed by atoms with Crippen molar-refractivity contribution in [2.24, 2.45) is 0 Å². The van der Waals surface area contributed by atoms with E-state index in [1.165, 1.54) is 6.92 Å². The van der Waals surface area contributed by atoms with Crippen LogP contribution in [0.4, 0.5) is 5.82 Å². The minimum atomic E-state index is -1.42. The number of furan rings is 1. The molecule has 0 aliphatic rings. The predicted octanol–water partition coefficient (Wildman–Crippen LogP) is 0.596. The number of hydrogen-bond acceptors (Lipinski definition) is 7. The zero-order valence-electron chi connectivity index (χ0n) is 12.0. The highest BCUT2D eigenvalue weighted by Gasteiger charge is 2.21. The molecule has 0 unspecified atom stereocenters. The molecule has 2 heterocycles. The Morgan fingerprint density at radius 2 is 2.09 bits per heavy atom. The molecule has 3 rings (SSSR count). The molecule has 2 atom stereocenters. The second kappa shape index (κ2) is 5.27. The number of carbonyl (C=O) groups excluding carboxylic acids is 1. The third-order valence-electron chi connectivity index (χ3n) is 3.36. The molecule has 2 aromatic heterocycles. The van der Waals surface area contributed by atoms with Gasteiger partial charge in [-0.15, -0.1) is 0 Å². The van der Waals surface area contributed by atoms with Gasteiger partial charge in [0.25, 0.3) is 0 Å². The number of para-hydroxylation sites is 1. The van der Waals surface area contributed by atoms with Crippen molar-refractivity contribution >= 4 is 33.9 Å². The number of benzene rings is 1. The summed E-state index contributed by atoms with van der Waals surface area (Å²) in [6, 6.07) is 6.05. The predicted molar refractivity (Wildman–Crippen MR) is 78.1 cm³/mol. The number of rotatable bonds is 4. The molecule has 0 amide bonds. The van der Waals surface area contributed by atoms with Gasteiger partial charge >= 0.3 is 0 Å². The molecule has 114 valence electrons. The number of nitrogens with one attached hydrogen (secondary N) is 1. The largest absolute Gasteiger partial charge is 0.548 e. The number of aryl methyl sites for hydroxylation is 1. The molecule has 0 spiro atoms. The maximum absolute atomic E-state index is 11.1. The number of aliphatic hydroxyl groups excluding tert-OH is 1. The average molecular weight is 300 g/mol. The summed E-state index contributed by atoms with van der Waals surface area (Å²) in [6.45, 7) is 3.06. The monoisotopic (exact) mass is 300 g/mol. The summed E-state index contributed by atoms with van der Waals surface area (Å²) >= 11 is 0. The lowest BCUT2D eigenvalue weighted by Gasteiger charge is -2.22. The molecule has 2 N–H and O–H groups in total. The van der Waals surface area contributed by atoms with Crippen molar-refractivity contribution in [3.8, 4) is 0 Å².